The van der Waals surface area contributed by atoms with Crippen LogP contribution in [0.25, 0.3) is 0 Å². The van der Waals surface area contributed by atoms with Gasteiger partial charge in [-0.3, -0.25) is 10.00 Å². The van der Waals surface area contributed by atoms with Gasteiger partial charge in [0.1, 0.15) is 5.82 Å². The largest absolute Gasteiger partial charge is 0.297 e. The second-order valence-electron chi connectivity index (χ2n) is 5.57. The third-order valence-electron chi connectivity index (χ3n) is 4.42. The minimum Gasteiger partial charge on any atom is -0.297 e. The summed E-state index contributed by atoms with van der Waals surface area (Å²) in [6, 6.07) is 7.22. The highest BCUT2D eigenvalue weighted by Crippen LogP contribution is 2.31. The summed E-state index contributed by atoms with van der Waals surface area (Å²) in [5.41, 5.74) is 2.51. The van der Waals surface area contributed by atoms with Gasteiger partial charge in [-0.25, -0.2) is 4.39 Å². The highest BCUT2D eigenvalue weighted by atomic mass is 19.1. The average molecular weight is 273 g/mol. The molecular weight excluding hydrogens is 253 g/mol. The number of nitrogens with zero attached hydrogens (tertiary/aromatic N) is 2. The molecule has 1 atom stereocenters. The number of benzene rings is 1. The van der Waals surface area contributed by atoms with Crippen LogP contribution in [0.4, 0.5) is 4.39 Å². The lowest BCUT2D eigenvalue weighted by atomic mass is 9.90. The predicted molar refractivity (Wildman–Crippen MR) is 77.0 cm³/mol. The maximum Gasteiger partial charge on any atom is 0.123 e. The van der Waals surface area contributed by atoms with Gasteiger partial charge in [0.25, 0.3) is 0 Å². The van der Waals surface area contributed by atoms with E-state index >= 15 is 0 Å². The van der Waals surface area contributed by atoms with Crippen molar-refractivity contribution in [2.75, 3.05) is 13.1 Å². The minimum atomic E-state index is -0.167. The van der Waals surface area contributed by atoms with Gasteiger partial charge in [-0.15, -0.1) is 0 Å². The normalized spacial score (nSPS) is 19.1. The molecule has 1 aromatic heterocycles. The molecule has 20 heavy (non-hydrogen) atoms. The van der Waals surface area contributed by atoms with Gasteiger partial charge in [0.15, 0.2) is 0 Å². The molecule has 1 aliphatic rings. The Hall–Kier alpha value is -1.68. The van der Waals surface area contributed by atoms with Crippen LogP contribution in [0.2, 0.25) is 0 Å². The lowest BCUT2D eigenvalue weighted by molar-refractivity contribution is 0.162. The zero-order chi connectivity index (χ0) is 13.9. The summed E-state index contributed by atoms with van der Waals surface area (Å²) >= 11 is 0. The number of hydrogen-bond donors (Lipinski definition) is 1. The Morgan fingerprint density at radius 2 is 1.95 bits per heavy atom. The molecule has 106 valence electrons. The molecule has 0 saturated carbocycles. The van der Waals surface area contributed by atoms with E-state index in [1.807, 2.05) is 24.5 Å². The summed E-state index contributed by atoms with van der Waals surface area (Å²) < 4.78 is 13.0. The van der Waals surface area contributed by atoms with E-state index in [1.165, 1.54) is 11.1 Å². The quantitative estimate of drug-likeness (QED) is 0.928. The molecule has 0 aliphatic carbocycles. The minimum absolute atomic E-state index is 0.167. The van der Waals surface area contributed by atoms with Crippen molar-refractivity contribution in [3.05, 3.63) is 53.6 Å². The highest BCUT2D eigenvalue weighted by molar-refractivity contribution is 5.20. The van der Waals surface area contributed by atoms with Crippen LogP contribution in [0, 0.1) is 5.82 Å². The van der Waals surface area contributed by atoms with Gasteiger partial charge < -0.3 is 0 Å². The van der Waals surface area contributed by atoms with Crippen LogP contribution in [0.1, 0.15) is 42.9 Å². The smallest absolute Gasteiger partial charge is 0.123 e. The third-order valence-corrected chi connectivity index (χ3v) is 4.42. The van der Waals surface area contributed by atoms with Crippen LogP contribution in [0.15, 0.2) is 36.7 Å². The second kappa shape index (κ2) is 5.75. The van der Waals surface area contributed by atoms with Gasteiger partial charge in [0, 0.05) is 12.2 Å². The fraction of sp³-hybridized carbons (Fsp3) is 0.438. The van der Waals surface area contributed by atoms with Crippen molar-refractivity contribution >= 4 is 0 Å². The van der Waals surface area contributed by atoms with Crippen molar-refractivity contribution in [1.82, 2.24) is 15.1 Å². The first kappa shape index (κ1) is 13.3. The molecule has 2 aromatic rings. The maximum absolute atomic E-state index is 13.0. The molecule has 2 heterocycles. The Morgan fingerprint density at radius 3 is 2.55 bits per heavy atom. The van der Waals surface area contributed by atoms with Crippen LogP contribution in [-0.2, 0) is 0 Å². The number of aromatic amines is 1. The molecule has 1 aliphatic heterocycles. The monoisotopic (exact) mass is 273 g/mol. The summed E-state index contributed by atoms with van der Waals surface area (Å²) in [7, 11) is 0. The molecule has 1 fully saturated rings. The third kappa shape index (κ3) is 2.75. The molecule has 3 rings (SSSR count). The first-order chi connectivity index (χ1) is 9.74. The van der Waals surface area contributed by atoms with E-state index in [9.17, 15) is 4.39 Å². The van der Waals surface area contributed by atoms with Gasteiger partial charge in [0.2, 0.25) is 0 Å². The number of aromatic nitrogens is 2. The Balaban J connectivity index is 1.61. The molecular formula is C16H20FN3. The molecule has 4 heteroatoms. The van der Waals surface area contributed by atoms with Crippen LogP contribution in [0.3, 0.4) is 0 Å². The van der Waals surface area contributed by atoms with E-state index in [1.54, 1.807) is 12.1 Å². The van der Waals surface area contributed by atoms with Gasteiger partial charge in [0.05, 0.1) is 6.20 Å². The molecule has 1 unspecified atom stereocenters. The molecule has 0 spiro atoms. The molecule has 0 radical (unpaired) electrons. The van der Waals surface area contributed by atoms with Crippen LogP contribution >= 0.6 is 0 Å². The predicted octanol–water partition coefficient (Wildman–Crippen LogP) is 3.49. The molecule has 3 nitrogen and oxygen atoms in total. The number of likely N-dealkylation sites (tertiary alicyclic amines) is 1. The van der Waals surface area contributed by atoms with E-state index < -0.39 is 0 Å². The van der Waals surface area contributed by atoms with Crippen molar-refractivity contribution in [2.45, 2.75) is 31.7 Å². The topological polar surface area (TPSA) is 31.9 Å². The first-order valence-electron chi connectivity index (χ1n) is 7.22. The fourth-order valence-corrected chi connectivity index (χ4v) is 3.06. The average Bonchev–Trinajstić information content (AvgIpc) is 3.02. The van der Waals surface area contributed by atoms with Crippen molar-refractivity contribution < 1.29 is 4.39 Å². The van der Waals surface area contributed by atoms with E-state index in [-0.39, 0.29) is 5.82 Å². The maximum atomic E-state index is 13.0. The summed E-state index contributed by atoms with van der Waals surface area (Å²) in [5, 5.41) is 6.93. The van der Waals surface area contributed by atoms with E-state index in [4.69, 9.17) is 0 Å². The summed E-state index contributed by atoms with van der Waals surface area (Å²) in [6.45, 7) is 4.36. The Morgan fingerprint density at radius 1 is 1.25 bits per heavy atom. The van der Waals surface area contributed by atoms with Crippen LogP contribution in [-0.4, -0.2) is 28.2 Å². The van der Waals surface area contributed by atoms with Gasteiger partial charge in [-0.1, -0.05) is 12.1 Å². The van der Waals surface area contributed by atoms with Gasteiger partial charge in [-0.2, -0.15) is 5.10 Å². The van der Waals surface area contributed by atoms with E-state index in [0.717, 1.165) is 25.9 Å². The summed E-state index contributed by atoms with van der Waals surface area (Å²) in [4.78, 5) is 2.48. The molecule has 0 amide bonds. The van der Waals surface area contributed by atoms with Gasteiger partial charge >= 0.3 is 0 Å². The second-order valence-corrected chi connectivity index (χ2v) is 5.57. The molecule has 1 saturated heterocycles. The number of nitrogens with one attached hydrogen (secondary N) is 1. The number of hydrogen-bond acceptors (Lipinski definition) is 2. The lowest BCUT2D eigenvalue weighted by Crippen LogP contribution is -2.35. The van der Waals surface area contributed by atoms with Gasteiger partial charge in [-0.05, 0) is 62.0 Å². The first-order valence-corrected chi connectivity index (χ1v) is 7.22. The Kier molecular flexibility index (Phi) is 3.83. The van der Waals surface area contributed by atoms with Crippen LogP contribution < -0.4 is 0 Å². The fourth-order valence-electron chi connectivity index (χ4n) is 3.06. The molecule has 1 aromatic carbocycles. The standard InChI is InChI=1S/C16H20FN3/c1-12(13-2-4-16(17)5-3-13)20-8-6-14(7-9-20)15-10-18-19-11-15/h2-5,10-12,14H,6-9H2,1H3,(H,18,19). The Bertz CT molecular complexity index is 527. The van der Waals surface area contributed by atoms with E-state index in [0.29, 0.717) is 12.0 Å². The zero-order valence-electron chi connectivity index (χ0n) is 11.7. The number of halogens is 1. The summed E-state index contributed by atoms with van der Waals surface area (Å²) in [5.74, 6) is 0.449. The number of piperidine rings is 1. The van der Waals surface area contributed by atoms with Crippen molar-refractivity contribution in [1.29, 1.82) is 0 Å². The van der Waals surface area contributed by atoms with Crippen molar-refractivity contribution in [2.24, 2.45) is 0 Å². The van der Waals surface area contributed by atoms with Crippen molar-refractivity contribution in [3.8, 4) is 0 Å². The van der Waals surface area contributed by atoms with E-state index in [2.05, 4.69) is 22.0 Å². The SMILES string of the molecule is CC(c1ccc(F)cc1)N1CCC(c2cn[nH]c2)CC1. The highest BCUT2D eigenvalue weighted by Gasteiger charge is 2.24. The zero-order valence-corrected chi connectivity index (χ0v) is 11.7. The molecule has 0 bridgehead atoms. The number of rotatable bonds is 3. The summed E-state index contributed by atoms with van der Waals surface area (Å²) in [6.07, 6.45) is 6.25. The molecule has 1 N–H and O–H groups in total. The van der Waals surface area contributed by atoms with Crippen molar-refractivity contribution in [3.63, 3.8) is 0 Å². The number of H-pyrrole nitrogens is 1. The lowest BCUT2D eigenvalue weighted by Gasteiger charge is -2.36. The van der Waals surface area contributed by atoms with Crippen LogP contribution in [0.5, 0.6) is 0 Å². The Labute approximate surface area is 118 Å².